The quantitative estimate of drug-likeness (QED) is 0.813. The number of rotatable bonds is 2. The molecule has 0 saturated carbocycles. The molecule has 4 nitrogen and oxygen atoms in total. The Kier molecular flexibility index (Phi) is 3.61. The van der Waals surface area contributed by atoms with E-state index in [0.717, 1.165) is 17.9 Å². The van der Waals surface area contributed by atoms with Gasteiger partial charge >= 0.3 is 0 Å². The zero-order valence-corrected chi connectivity index (χ0v) is 10.8. The molecule has 0 spiro atoms. The van der Waals surface area contributed by atoms with Gasteiger partial charge in [-0.3, -0.25) is 0 Å². The number of sulfonamides is 1. The molecule has 1 aromatic rings. The molecule has 16 heavy (non-hydrogen) atoms. The lowest BCUT2D eigenvalue weighted by Gasteiger charge is -2.16. The summed E-state index contributed by atoms with van der Waals surface area (Å²) in [5.74, 6) is 1.76. The van der Waals surface area contributed by atoms with E-state index in [1.165, 1.54) is 6.26 Å². The number of hydrogen-bond acceptors (Lipinski definition) is 4. The minimum atomic E-state index is -3.05. The number of furan rings is 1. The summed E-state index contributed by atoms with van der Waals surface area (Å²) in [5.41, 5.74) is 0. The van der Waals surface area contributed by atoms with E-state index >= 15 is 0 Å². The Bertz CT molecular complexity index is 427. The van der Waals surface area contributed by atoms with E-state index in [2.05, 4.69) is 0 Å². The van der Waals surface area contributed by atoms with Crippen molar-refractivity contribution >= 4 is 21.8 Å². The summed E-state index contributed by atoms with van der Waals surface area (Å²) in [5, 5.41) is 0.279. The molecule has 1 aliphatic heterocycles. The number of hydrogen-bond donors (Lipinski definition) is 0. The van der Waals surface area contributed by atoms with Crippen LogP contribution in [0, 0.1) is 0 Å². The van der Waals surface area contributed by atoms with Gasteiger partial charge in [0.15, 0.2) is 0 Å². The van der Waals surface area contributed by atoms with Gasteiger partial charge in [-0.25, -0.2) is 12.7 Å². The topological polar surface area (TPSA) is 50.5 Å². The smallest absolute Gasteiger partial charge is 0.211 e. The van der Waals surface area contributed by atoms with Gasteiger partial charge in [-0.15, -0.1) is 11.8 Å². The van der Waals surface area contributed by atoms with E-state index in [9.17, 15) is 8.42 Å². The number of thioether (sulfide) groups is 1. The average molecular weight is 261 g/mol. The molecule has 1 saturated heterocycles. The lowest BCUT2D eigenvalue weighted by molar-refractivity contribution is 0.420. The predicted octanol–water partition coefficient (Wildman–Crippen LogP) is 1.72. The predicted molar refractivity (Wildman–Crippen MR) is 64.9 cm³/mol. The Labute approximate surface area is 100 Å². The zero-order chi connectivity index (χ0) is 11.6. The van der Waals surface area contributed by atoms with Crippen LogP contribution in [0.25, 0.3) is 0 Å². The summed E-state index contributed by atoms with van der Waals surface area (Å²) >= 11 is 1.76. The molecule has 0 unspecified atom stereocenters. The Hall–Kier alpha value is -0.460. The Morgan fingerprint density at radius 3 is 2.94 bits per heavy atom. The fourth-order valence-corrected chi connectivity index (χ4v) is 3.94. The highest BCUT2D eigenvalue weighted by Crippen LogP contribution is 2.34. The SMILES string of the molecule is CS(=O)(=O)N1CCS[C@@H](c2ccco2)CC1. The van der Waals surface area contributed by atoms with E-state index in [1.807, 2.05) is 12.1 Å². The summed E-state index contributed by atoms with van der Waals surface area (Å²) in [6, 6.07) is 3.82. The largest absolute Gasteiger partial charge is 0.468 e. The summed E-state index contributed by atoms with van der Waals surface area (Å²) in [6.45, 7) is 1.18. The van der Waals surface area contributed by atoms with E-state index in [4.69, 9.17) is 4.42 Å². The second-order valence-corrected chi connectivity index (χ2v) is 7.12. The first-order valence-corrected chi connectivity index (χ1v) is 8.07. The first-order valence-electron chi connectivity index (χ1n) is 5.17. The third-order valence-electron chi connectivity index (χ3n) is 2.63. The van der Waals surface area contributed by atoms with E-state index in [1.54, 1.807) is 22.3 Å². The highest BCUT2D eigenvalue weighted by Gasteiger charge is 2.24. The van der Waals surface area contributed by atoms with Crippen molar-refractivity contribution in [1.82, 2.24) is 4.31 Å². The maximum Gasteiger partial charge on any atom is 0.211 e. The molecule has 2 rings (SSSR count). The van der Waals surface area contributed by atoms with Crippen LogP contribution in [0.1, 0.15) is 17.4 Å². The van der Waals surface area contributed by atoms with Crippen molar-refractivity contribution in [2.45, 2.75) is 11.7 Å². The van der Waals surface area contributed by atoms with Crippen molar-refractivity contribution in [1.29, 1.82) is 0 Å². The van der Waals surface area contributed by atoms with Crippen LogP contribution >= 0.6 is 11.8 Å². The van der Waals surface area contributed by atoms with Gasteiger partial charge in [-0.2, -0.15) is 0 Å². The average Bonchev–Trinajstić information content (AvgIpc) is 2.60. The summed E-state index contributed by atoms with van der Waals surface area (Å²) in [4.78, 5) is 0. The fourth-order valence-electron chi connectivity index (χ4n) is 1.78. The van der Waals surface area contributed by atoms with Crippen molar-refractivity contribution in [3.05, 3.63) is 24.2 Å². The van der Waals surface area contributed by atoms with Crippen LogP contribution in [0.5, 0.6) is 0 Å². The van der Waals surface area contributed by atoms with Crippen LogP contribution in [0.3, 0.4) is 0 Å². The van der Waals surface area contributed by atoms with Gasteiger partial charge in [0.1, 0.15) is 5.76 Å². The van der Waals surface area contributed by atoms with Crippen molar-refractivity contribution in [3.8, 4) is 0 Å². The second-order valence-electron chi connectivity index (χ2n) is 3.83. The first-order chi connectivity index (χ1) is 7.57. The molecule has 1 aliphatic rings. The van der Waals surface area contributed by atoms with E-state index < -0.39 is 10.0 Å². The van der Waals surface area contributed by atoms with Gasteiger partial charge in [0.05, 0.1) is 17.8 Å². The van der Waals surface area contributed by atoms with Gasteiger partial charge in [-0.1, -0.05) is 0 Å². The van der Waals surface area contributed by atoms with Crippen molar-refractivity contribution in [2.24, 2.45) is 0 Å². The Morgan fingerprint density at radius 2 is 2.31 bits per heavy atom. The van der Waals surface area contributed by atoms with Crippen LogP contribution in [0.15, 0.2) is 22.8 Å². The van der Waals surface area contributed by atoms with Gasteiger partial charge in [0, 0.05) is 18.8 Å². The minimum absolute atomic E-state index is 0.279. The molecule has 1 aromatic heterocycles. The molecule has 0 aromatic carbocycles. The molecule has 90 valence electrons. The molecule has 1 atom stereocenters. The molecule has 0 radical (unpaired) electrons. The molecule has 0 bridgehead atoms. The van der Waals surface area contributed by atoms with Crippen LogP contribution in [-0.4, -0.2) is 37.8 Å². The van der Waals surface area contributed by atoms with Crippen molar-refractivity contribution < 1.29 is 12.8 Å². The lowest BCUT2D eigenvalue weighted by Crippen LogP contribution is -2.31. The Balaban J connectivity index is 2.04. The molecule has 0 amide bonds. The normalized spacial score (nSPS) is 24.2. The molecular formula is C10H15NO3S2. The maximum atomic E-state index is 11.4. The first kappa shape index (κ1) is 12.0. The third kappa shape index (κ3) is 2.81. The summed E-state index contributed by atoms with van der Waals surface area (Å²) in [7, 11) is -3.05. The minimum Gasteiger partial charge on any atom is -0.468 e. The van der Waals surface area contributed by atoms with Gasteiger partial charge in [-0.05, 0) is 18.6 Å². The summed E-state index contributed by atoms with van der Waals surface area (Å²) < 4.78 is 29.8. The van der Waals surface area contributed by atoms with E-state index in [-0.39, 0.29) is 5.25 Å². The Morgan fingerprint density at radius 1 is 1.50 bits per heavy atom. The van der Waals surface area contributed by atoms with Crippen LogP contribution in [-0.2, 0) is 10.0 Å². The monoisotopic (exact) mass is 261 g/mol. The van der Waals surface area contributed by atoms with E-state index in [0.29, 0.717) is 13.1 Å². The molecule has 2 heterocycles. The van der Waals surface area contributed by atoms with Crippen LogP contribution in [0.4, 0.5) is 0 Å². The fraction of sp³-hybridized carbons (Fsp3) is 0.600. The second kappa shape index (κ2) is 4.81. The third-order valence-corrected chi connectivity index (χ3v) is 5.22. The highest BCUT2D eigenvalue weighted by atomic mass is 32.2. The molecule has 6 heteroatoms. The molecular weight excluding hydrogens is 246 g/mol. The highest BCUT2D eigenvalue weighted by molar-refractivity contribution is 7.99. The van der Waals surface area contributed by atoms with Gasteiger partial charge < -0.3 is 4.42 Å². The number of nitrogens with zero attached hydrogens (tertiary/aromatic N) is 1. The van der Waals surface area contributed by atoms with Crippen molar-refractivity contribution in [3.63, 3.8) is 0 Å². The maximum absolute atomic E-state index is 11.4. The summed E-state index contributed by atoms with van der Waals surface area (Å²) in [6.07, 6.45) is 3.74. The molecule has 0 aliphatic carbocycles. The van der Waals surface area contributed by atoms with Crippen molar-refractivity contribution in [2.75, 3.05) is 25.1 Å². The van der Waals surface area contributed by atoms with Crippen LogP contribution in [0.2, 0.25) is 0 Å². The standard InChI is InChI=1S/C10H15NO3S2/c1-16(12,13)11-5-4-10(15-8-6-11)9-3-2-7-14-9/h2-3,7,10H,4-6,8H2,1H3/t10-/m1/s1. The molecule has 0 N–H and O–H groups in total. The van der Waals surface area contributed by atoms with Crippen LogP contribution < -0.4 is 0 Å². The lowest BCUT2D eigenvalue weighted by atomic mass is 10.2. The van der Waals surface area contributed by atoms with Gasteiger partial charge in [0.2, 0.25) is 10.0 Å². The van der Waals surface area contributed by atoms with Gasteiger partial charge in [0.25, 0.3) is 0 Å². The molecule has 1 fully saturated rings. The zero-order valence-electron chi connectivity index (χ0n) is 9.13.